The van der Waals surface area contributed by atoms with E-state index in [1.807, 2.05) is 0 Å². The zero-order valence-electron chi connectivity index (χ0n) is 13.1. The third-order valence-corrected chi connectivity index (χ3v) is 3.66. The van der Waals surface area contributed by atoms with Crippen LogP contribution in [0.1, 0.15) is 32.4 Å². The molecule has 2 N–H and O–H groups in total. The minimum atomic E-state index is 0.264. The Balaban J connectivity index is 2.39. The van der Waals surface area contributed by atoms with Crippen molar-refractivity contribution in [3.05, 3.63) is 48.0 Å². The van der Waals surface area contributed by atoms with Crippen molar-refractivity contribution in [3.8, 4) is 0 Å². The summed E-state index contributed by atoms with van der Waals surface area (Å²) in [6.07, 6.45) is 0. The molecule has 108 valence electrons. The molecule has 0 aliphatic carbocycles. The Labute approximate surface area is 122 Å². The van der Waals surface area contributed by atoms with Crippen LogP contribution >= 0.6 is 0 Å². The van der Waals surface area contributed by atoms with Gasteiger partial charge >= 0.3 is 0 Å². The van der Waals surface area contributed by atoms with Crippen molar-refractivity contribution in [2.24, 2.45) is 11.1 Å². The van der Waals surface area contributed by atoms with E-state index in [0.717, 1.165) is 6.54 Å². The van der Waals surface area contributed by atoms with Crippen LogP contribution in [0.25, 0.3) is 10.8 Å². The average molecular weight is 270 g/mol. The molecule has 2 nitrogen and oxygen atoms in total. The van der Waals surface area contributed by atoms with Crippen LogP contribution < -0.4 is 5.73 Å². The molecule has 20 heavy (non-hydrogen) atoms. The summed E-state index contributed by atoms with van der Waals surface area (Å²) in [7, 11) is 2.17. The topological polar surface area (TPSA) is 29.3 Å². The summed E-state index contributed by atoms with van der Waals surface area (Å²) in [5.74, 6) is 0. The standard InChI is InChI=1S/C18H26N2/c1-18(2,3)13-20(4)17(12-19)16-11-7-9-14-8-5-6-10-15(14)16/h5-11,17H,12-13,19H2,1-4H3. The fraction of sp³-hybridized carbons (Fsp3) is 0.444. The average Bonchev–Trinajstić information content (AvgIpc) is 2.38. The normalized spacial score (nSPS) is 13.9. The molecule has 0 aliphatic heterocycles. The molecule has 0 bridgehead atoms. The molecule has 2 aromatic rings. The van der Waals surface area contributed by atoms with Gasteiger partial charge in [-0.1, -0.05) is 63.2 Å². The number of rotatable bonds is 4. The summed E-state index contributed by atoms with van der Waals surface area (Å²) >= 11 is 0. The predicted octanol–water partition coefficient (Wildman–Crippen LogP) is 3.82. The summed E-state index contributed by atoms with van der Waals surface area (Å²) in [5.41, 5.74) is 7.68. The quantitative estimate of drug-likeness (QED) is 0.915. The summed E-state index contributed by atoms with van der Waals surface area (Å²) in [4.78, 5) is 2.38. The number of benzene rings is 2. The van der Waals surface area contributed by atoms with E-state index >= 15 is 0 Å². The van der Waals surface area contributed by atoms with E-state index < -0.39 is 0 Å². The number of hydrogen-bond acceptors (Lipinski definition) is 2. The van der Waals surface area contributed by atoms with Crippen LogP contribution in [0.4, 0.5) is 0 Å². The number of fused-ring (bicyclic) bond motifs is 1. The molecular formula is C18H26N2. The third-order valence-electron chi connectivity index (χ3n) is 3.66. The highest BCUT2D eigenvalue weighted by Crippen LogP contribution is 2.29. The lowest BCUT2D eigenvalue weighted by Crippen LogP contribution is -2.36. The van der Waals surface area contributed by atoms with Gasteiger partial charge in [0.25, 0.3) is 0 Å². The second kappa shape index (κ2) is 5.94. The van der Waals surface area contributed by atoms with Crippen molar-refractivity contribution < 1.29 is 0 Å². The molecule has 1 atom stereocenters. The molecule has 0 spiro atoms. The maximum atomic E-state index is 6.07. The Kier molecular flexibility index (Phi) is 4.46. The van der Waals surface area contributed by atoms with Gasteiger partial charge in [0.15, 0.2) is 0 Å². The molecule has 0 saturated heterocycles. The first-order valence-corrected chi connectivity index (χ1v) is 7.30. The van der Waals surface area contributed by atoms with Crippen molar-refractivity contribution in [3.63, 3.8) is 0 Å². The summed E-state index contributed by atoms with van der Waals surface area (Å²) in [5, 5.41) is 2.60. The van der Waals surface area contributed by atoms with Crippen LogP contribution in [-0.4, -0.2) is 25.0 Å². The van der Waals surface area contributed by atoms with Crippen molar-refractivity contribution >= 4 is 10.8 Å². The second-order valence-corrected chi connectivity index (χ2v) is 6.80. The first-order valence-electron chi connectivity index (χ1n) is 7.30. The zero-order valence-corrected chi connectivity index (χ0v) is 13.1. The molecular weight excluding hydrogens is 244 g/mol. The molecule has 0 aliphatic rings. The Morgan fingerprint density at radius 3 is 2.35 bits per heavy atom. The van der Waals surface area contributed by atoms with Gasteiger partial charge in [-0.2, -0.15) is 0 Å². The van der Waals surface area contributed by atoms with E-state index in [1.165, 1.54) is 16.3 Å². The Bertz CT molecular complexity index is 564. The Morgan fingerprint density at radius 2 is 1.70 bits per heavy atom. The van der Waals surface area contributed by atoms with Gasteiger partial charge in [-0.05, 0) is 28.8 Å². The van der Waals surface area contributed by atoms with Gasteiger partial charge < -0.3 is 5.73 Å². The van der Waals surface area contributed by atoms with Crippen LogP contribution in [0.5, 0.6) is 0 Å². The molecule has 0 amide bonds. The lowest BCUT2D eigenvalue weighted by molar-refractivity contribution is 0.176. The molecule has 0 fully saturated rings. The van der Waals surface area contributed by atoms with Gasteiger partial charge in [0.1, 0.15) is 0 Å². The molecule has 0 saturated carbocycles. The minimum Gasteiger partial charge on any atom is -0.329 e. The molecule has 2 heteroatoms. The second-order valence-electron chi connectivity index (χ2n) is 6.80. The first-order chi connectivity index (χ1) is 9.42. The van der Waals surface area contributed by atoms with E-state index in [2.05, 4.69) is 75.2 Å². The van der Waals surface area contributed by atoms with Gasteiger partial charge in [0.2, 0.25) is 0 Å². The van der Waals surface area contributed by atoms with E-state index in [-0.39, 0.29) is 11.5 Å². The largest absolute Gasteiger partial charge is 0.329 e. The molecule has 0 heterocycles. The maximum Gasteiger partial charge on any atom is 0.0473 e. The van der Waals surface area contributed by atoms with Crippen molar-refractivity contribution in [1.82, 2.24) is 4.90 Å². The Morgan fingerprint density at radius 1 is 1.05 bits per heavy atom. The highest BCUT2D eigenvalue weighted by atomic mass is 15.1. The number of nitrogens with two attached hydrogens (primary N) is 1. The molecule has 0 radical (unpaired) electrons. The van der Waals surface area contributed by atoms with Crippen LogP contribution in [0, 0.1) is 5.41 Å². The Hall–Kier alpha value is -1.38. The van der Waals surface area contributed by atoms with Crippen LogP contribution in [0.15, 0.2) is 42.5 Å². The lowest BCUT2D eigenvalue weighted by atomic mass is 9.93. The van der Waals surface area contributed by atoms with E-state index in [4.69, 9.17) is 5.73 Å². The van der Waals surface area contributed by atoms with Gasteiger partial charge in [-0.3, -0.25) is 4.90 Å². The monoisotopic (exact) mass is 270 g/mol. The molecule has 2 rings (SSSR count). The summed E-state index contributed by atoms with van der Waals surface area (Å²) in [6.45, 7) is 8.46. The van der Waals surface area contributed by atoms with Crippen LogP contribution in [0.3, 0.4) is 0 Å². The van der Waals surface area contributed by atoms with E-state index in [1.54, 1.807) is 0 Å². The number of likely N-dealkylation sites (N-methyl/N-ethyl adjacent to an activating group) is 1. The van der Waals surface area contributed by atoms with Crippen molar-refractivity contribution in [2.75, 3.05) is 20.1 Å². The maximum absolute atomic E-state index is 6.07. The highest BCUT2D eigenvalue weighted by molar-refractivity contribution is 5.86. The summed E-state index contributed by atoms with van der Waals surface area (Å²) in [6, 6.07) is 15.3. The van der Waals surface area contributed by atoms with E-state index in [0.29, 0.717) is 6.54 Å². The fourth-order valence-corrected chi connectivity index (χ4v) is 2.94. The third kappa shape index (κ3) is 3.38. The summed E-state index contributed by atoms with van der Waals surface area (Å²) < 4.78 is 0. The first kappa shape index (κ1) is 15.0. The smallest absolute Gasteiger partial charge is 0.0473 e. The van der Waals surface area contributed by atoms with Crippen molar-refractivity contribution in [1.29, 1.82) is 0 Å². The number of hydrogen-bond donors (Lipinski definition) is 1. The lowest BCUT2D eigenvalue weighted by Gasteiger charge is -2.33. The van der Waals surface area contributed by atoms with Crippen molar-refractivity contribution in [2.45, 2.75) is 26.8 Å². The van der Waals surface area contributed by atoms with Gasteiger partial charge in [-0.15, -0.1) is 0 Å². The van der Waals surface area contributed by atoms with Gasteiger partial charge in [0, 0.05) is 19.1 Å². The molecule has 0 aromatic heterocycles. The van der Waals surface area contributed by atoms with Crippen LogP contribution in [-0.2, 0) is 0 Å². The fourth-order valence-electron chi connectivity index (χ4n) is 2.94. The minimum absolute atomic E-state index is 0.264. The van der Waals surface area contributed by atoms with E-state index in [9.17, 15) is 0 Å². The zero-order chi connectivity index (χ0) is 14.8. The SMILES string of the molecule is CN(CC(C)(C)C)C(CN)c1cccc2ccccc12. The van der Waals surface area contributed by atoms with Gasteiger partial charge in [-0.25, -0.2) is 0 Å². The predicted molar refractivity (Wildman–Crippen MR) is 87.8 cm³/mol. The highest BCUT2D eigenvalue weighted by Gasteiger charge is 2.22. The number of nitrogens with zero attached hydrogens (tertiary/aromatic N) is 1. The van der Waals surface area contributed by atoms with Gasteiger partial charge in [0.05, 0.1) is 0 Å². The molecule has 1 unspecified atom stereocenters. The molecule has 2 aromatic carbocycles. The van der Waals surface area contributed by atoms with Crippen LogP contribution in [0.2, 0.25) is 0 Å².